The Balaban J connectivity index is 1.40. The molecular weight excluding hydrogens is 366 g/mol. The van der Waals surface area contributed by atoms with Gasteiger partial charge in [-0.2, -0.15) is 0 Å². The summed E-state index contributed by atoms with van der Waals surface area (Å²) in [4.78, 5) is 28.3. The zero-order valence-electron chi connectivity index (χ0n) is 16.2. The number of amides is 2. The molecule has 6 nitrogen and oxygen atoms in total. The smallest absolute Gasteiger partial charge is 0.252 e. The second-order valence-electron chi connectivity index (χ2n) is 6.50. The average molecular weight is 389 g/mol. The molecule has 0 aliphatic carbocycles. The van der Waals surface area contributed by atoms with Crippen molar-refractivity contribution in [1.82, 2.24) is 15.6 Å². The summed E-state index contributed by atoms with van der Waals surface area (Å²) >= 11 is 0. The van der Waals surface area contributed by atoms with E-state index in [1.54, 1.807) is 36.4 Å². The Hall–Kier alpha value is -3.67. The first-order valence-electron chi connectivity index (χ1n) is 9.37. The second-order valence-corrected chi connectivity index (χ2v) is 6.50. The van der Waals surface area contributed by atoms with E-state index in [2.05, 4.69) is 15.6 Å². The maximum atomic E-state index is 12.2. The molecule has 148 valence electrons. The highest BCUT2D eigenvalue weighted by Crippen LogP contribution is 2.14. The van der Waals surface area contributed by atoms with Crippen molar-refractivity contribution < 1.29 is 14.3 Å². The van der Waals surface area contributed by atoms with Crippen molar-refractivity contribution in [3.8, 4) is 5.75 Å². The van der Waals surface area contributed by atoms with E-state index in [0.717, 1.165) is 11.3 Å². The van der Waals surface area contributed by atoms with E-state index >= 15 is 0 Å². The second kappa shape index (κ2) is 10.0. The van der Waals surface area contributed by atoms with Crippen molar-refractivity contribution >= 4 is 11.8 Å². The summed E-state index contributed by atoms with van der Waals surface area (Å²) in [7, 11) is 0. The van der Waals surface area contributed by atoms with Crippen molar-refractivity contribution in [2.45, 2.75) is 13.5 Å². The number of aryl methyl sites for hydroxylation is 1. The first kappa shape index (κ1) is 20.1. The average Bonchev–Trinajstić information content (AvgIpc) is 2.76. The first-order valence-corrected chi connectivity index (χ1v) is 9.37. The number of hydrogen-bond donors (Lipinski definition) is 2. The Morgan fingerprint density at radius 1 is 0.828 bits per heavy atom. The van der Waals surface area contributed by atoms with Crippen LogP contribution in [0, 0.1) is 6.92 Å². The Bertz CT molecular complexity index is 939. The van der Waals surface area contributed by atoms with Gasteiger partial charge in [-0.1, -0.05) is 30.3 Å². The number of aromatic nitrogens is 1. The Labute approximate surface area is 169 Å². The molecule has 2 N–H and O–H groups in total. The van der Waals surface area contributed by atoms with Crippen LogP contribution in [-0.2, 0) is 6.61 Å². The van der Waals surface area contributed by atoms with E-state index in [1.165, 1.54) is 6.20 Å². The zero-order valence-corrected chi connectivity index (χ0v) is 16.2. The molecule has 0 atom stereocenters. The molecule has 2 amide bonds. The molecule has 0 unspecified atom stereocenters. The van der Waals surface area contributed by atoms with Gasteiger partial charge >= 0.3 is 0 Å². The largest absolute Gasteiger partial charge is 0.489 e. The summed E-state index contributed by atoms with van der Waals surface area (Å²) in [6, 6.07) is 20.3. The number of ether oxygens (including phenoxy) is 1. The molecule has 0 saturated carbocycles. The number of carbonyl (C=O) groups excluding carboxylic acids is 2. The van der Waals surface area contributed by atoms with E-state index in [4.69, 9.17) is 4.74 Å². The summed E-state index contributed by atoms with van der Waals surface area (Å²) in [5.41, 5.74) is 2.96. The van der Waals surface area contributed by atoms with Crippen molar-refractivity contribution in [3.05, 3.63) is 95.3 Å². The fourth-order valence-electron chi connectivity index (χ4n) is 2.60. The van der Waals surface area contributed by atoms with Crippen molar-refractivity contribution in [2.24, 2.45) is 0 Å². The van der Waals surface area contributed by atoms with Gasteiger partial charge in [0.05, 0.1) is 5.56 Å². The Kier molecular flexibility index (Phi) is 6.95. The van der Waals surface area contributed by atoms with E-state index in [-0.39, 0.29) is 11.8 Å². The van der Waals surface area contributed by atoms with E-state index in [9.17, 15) is 9.59 Å². The van der Waals surface area contributed by atoms with Crippen molar-refractivity contribution in [2.75, 3.05) is 13.1 Å². The van der Waals surface area contributed by atoms with Gasteiger partial charge in [-0.05, 0) is 48.9 Å². The summed E-state index contributed by atoms with van der Waals surface area (Å²) < 4.78 is 5.72. The van der Waals surface area contributed by atoms with E-state index < -0.39 is 0 Å². The van der Waals surface area contributed by atoms with Crippen LogP contribution in [0.3, 0.4) is 0 Å². The van der Waals surface area contributed by atoms with Crippen LogP contribution < -0.4 is 15.4 Å². The molecule has 1 heterocycles. The summed E-state index contributed by atoms with van der Waals surface area (Å²) in [5.74, 6) is 0.280. The van der Waals surface area contributed by atoms with Crippen LogP contribution in [0.1, 0.15) is 32.0 Å². The van der Waals surface area contributed by atoms with Crippen LogP contribution in [0.25, 0.3) is 0 Å². The third-order valence-corrected chi connectivity index (χ3v) is 4.23. The third-order valence-electron chi connectivity index (χ3n) is 4.23. The van der Waals surface area contributed by atoms with Crippen LogP contribution in [0.5, 0.6) is 5.75 Å². The summed E-state index contributed by atoms with van der Waals surface area (Å²) in [6.45, 7) is 2.99. The van der Waals surface area contributed by atoms with Crippen LogP contribution in [-0.4, -0.2) is 29.9 Å². The minimum absolute atomic E-state index is 0.203. The predicted octanol–water partition coefficient (Wildman–Crippen LogP) is 3.13. The molecular formula is C23H23N3O3. The lowest BCUT2D eigenvalue weighted by molar-refractivity contribution is 0.0927. The van der Waals surface area contributed by atoms with Gasteiger partial charge < -0.3 is 15.4 Å². The van der Waals surface area contributed by atoms with Crippen molar-refractivity contribution in [1.29, 1.82) is 0 Å². The maximum absolute atomic E-state index is 12.2. The highest BCUT2D eigenvalue weighted by Gasteiger charge is 2.07. The monoisotopic (exact) mass is 389 g/mol. The molecule has 3 rings (SSSR count). The molecule has 6 heteroatoms. The van der Waals surface area contributed by atoms with Crippen LogP contribution in [0.2, 0.25) is 0 Å². The van der Waals surface area contributed by atoms with Crippen molar-refractivity contribution in [3.63, 3.8) is 0 Å². The van der Waals surface area contributed by atoms with Gasteiger partial charge in [0, 0.05) is 30.5 Å². The molecule has 2 aromatic carbocycles. The fourth-order valence-corrected chi connectivity index (χ4v) is 2.60. The number of pyridine rings is 1. The van der Waals surface area contributed by atoms with Gasteiger partial charge in [0.2, 0.25) is 0 Å². The number of carbonyl (C=O) groups is 2. The number of rotatable bonds is 8. The Morgan fingerprint density at radius 3 is 2.07 bits per heavy atom. The highest BCUT2D eigenvalue weighted by molar-refractivity contribution is 5.95. The predicted molar refractivity (Wildman–Crippen MR) is 111 cm³/mol. The van der Waals surface area contributed by atoms with Gasteiger partial charge in [-0.15, -0.1) is 0 Å². The highest BCUT2D eigenvalue weighted by atomic mass is 16.5. The molecule has 0 aliphatic rings. The lowest BCUT2D eigenvalue weighted by Gasteiger charge is -2.09. The summed E-state index contributed by atoms with van der Waals surface area (Å²) in [5, 5.41) is 5.54. The number of benzene rings is 2. The summed E-state index contributed by atoms with van der Waals surface area (Å²) in [6.07, 6.45) is 1.53. The lowest BCUT2D eigenvalue weighted by atomic mass is 10.2. The topological polar surface area (TPSA) is 80.3 Å². The lowest BCUT2D eigenvalue weighted by Crippen LogP contribution is -2.34. The van der Waals surface area contributed by atoms with E-state index in [1.807, 2.05) is 37.3 Å². The minimum atomic E-state index is -0.216. The van der Waals surface area contributed by atoms with Crippen LogP contribution in [0.4, 0.5) is 0 Å². The molecule has 29 heavy (non-hydrogen) atoms. The molecule has 3 aromatic rings. The standard InChI is InChI=1S/C23H23N3O3/c1-17-7-8-20(15-26-17)23(28)25-14-13-24-22(27)19-9-11-21(12-10-19)29-16-18-5-3-2-4-6-18/h2-12,15H,13-14,16H2,1H3,(H,24,27)(H,25,28). The normalized spacial score (nSPS) is 10.2. The quantitative estimate of drug-likeness (QED) is 0.580. The fraction of sp³-hybridized carbons (Fsp3) is 0.174. The molecule has 0 bridgehead atoms. The molecule has 0 saturated heterocycles. The van der Waals surface area contributed by atoms with Gasteiger partial charge in [0.25, 0.3) is 11.8 Å². The minimum Gasteiger partial charge on any atom is -0.489 e. The Morgan fingerprint density at radius 2 is 1.45 bits per heavy atom. The van der Waals surface area contributed by atoms with Gasteiger partial charge in [-0.25, -0.2) is 0 Å². The number of nitrogens with zero attached hydrogens (tertiary/aromatic N) is 1. The van der Waals surface area contributed by atoms with Gasteiger partial charge in [0.1, 0.15) is 12.4 Å². The SMILES string of the molecule is Cc1ccc(C(=O)NCCNC(=O)c2ccc(OCc3ccccc3)cc2)cn1. The molecule has 0 radical (unpaired) electrons. The van der Waals surface area contributed by atoms with Gasteiger partial charge in [0.15, 0.2) is 0 Å². The third kappa shape index (κ3) is 6.17. The molecule has 0 spiro atoms. The number of hydrogen-bond acceptors (Lipinski definition) is 4. The maximum Gasteiger partial charge on any atom is 0.252 e. The van der Waals surface area contributed by atoms with Gasteiger partial charge in [-0.3, -0.25) is 14.6 Å². The first-order chi connectivity index (χ1) is 14.1. The van der Waals surface area contributed by atoms with Crippen LogP contribution in [0.15, 0.2) is 72.9 Å². The molecule has 0 aliphatic heterocycles. The van der Waals surface area contributed by atoms with Crippen LogP contribution >= 0.6 is 0 Å². The zero-order chi connectivity index (χ0) is 20.5. The molecule has 0 fully saturated rings. The molecule has 1 aromatic heterocycles. The number of nitrogens with one attached hydrogen (secondary N) is 2. The van der Waals surface area contributed by atoms with E-state index in [0.29, 0.717) is 36.6 Å².